The fourth-order valence-corrected chi connectivity index (χ4v) is 3.43. The van der Waals surface area contributed by atoms with E-state index in [-0.39, 0.29) is 0 Å². The van der Waals surface area contributed by atoms with Gasteiger partial charge < -0.3 is 11.1 Å². The van der Waals surface area contributed by atoms with Gasteiger partial charge >= 0.3 is 0 Å². The van der Waals surface area contributed by atoms with Gasteiger partial charge in [-0.05, 0) is 38.0 Å². The van der Waals surface area contributed by atoms with E-state index in [2.05, 4.69) is 17.1 Å². The lowest BCUT2D eigenvalue weighted by atomic mass is 10.0. The Kier molecular flexibility index (Phi) is 8.44. The molecule has 0 aromatic heterocycles. The van der Waals surface area contributed by atoms with Crippen LogP contribution in [0.25, 0.3) is 0 Å². The Labute approximate surface area is 98.8 Å². The molecule has 1 rings (SSSR count). The van der Waals surface area contributed by atoms with Crippen LogP contribution in [0.5, 0.6) is 0 Å². The predicted octanol–water partition coefficient (Wildman–Crippen LogP) is 2.38. The smallest absolute Gasteiger partial charge is 0.00745 e. The van der Waals surface area contributed by atoms with Crippen LogP contribution in [0.4, 0.5) is 0 Å². The molecule has 0 amide bonds. The van der Waals surface area contributed by atoms with E-state index in [4.69, 9.17) is 5.73 Å². The zero-order valence-electron chi connectivity index (χ0n) is 9.84. The zero-order valence-corrected chi connectivity index (χ0v) is 10.7. The Hall–Kier alpha value is 0.270. The molecule has 0 aromatic rings. The van der Waals surface area contributed by atoms with Crippen LogP contribution in [0.1, 0.15) is 44.9 Å². The molecule has 0 aromatic carbocycles. The molecule has 0 heterocycles. The summed E-state index contributed by atoms with van der Waals surface area (Å²) >= 11 is 2.21. The Morgan fingerprint density at radius 1 is 1.07 bits per heavy atom. The summed E-state index contributed by atoms with van der Waals surface area (Å²) in [7, 11) is 0. The van der Waals surface area contributed by atoms with Gasteiger partial charge in [0.25, 0.3) is 0 Å². The van der Waals surface area contributed by atoms with Crippen molar-refractivity contribution in [1.82, 2.24) is 5.32 Å². The van der Waals surface area contributed by atoms with Gasteiger partial charge in [-0.25, -0.2) is 0 Å². The molecule has 1 fully saturated rings. The molecule has 0 radical (unpaired) electrons. The predicted molar refractivity (Wildman–Crippen MR) is 70.5 cm³/mol. The van der Waals surface area contributed by atoms with Gasteiger partial charge in [-0.2, -0.15) is 11.8 Å². The van der Waals surface area contributed by atoms with E-state index < -0.39 is 0 Å². The standard InChI is InChI=1S/C12H26N2S/c13-8-10-14-9-4-5-11-15-12-6-2-1-3-7-12/h12,14H,1-11,13H2. The second kappa shape index (κ2) is 9.49. The van der Waals surface area contributed by atoms with Crippen molar-refractivity contribution >= 4 is 11.8 Å². The number of rotatable bonds is 8. The van der Waals surface area contributed by atoms with Gasteiger partial charge in [-0.3, -0.25) is 0 Å². The van der Waals surface area contributed by atoms with Crippen molar-refractivity contribution in [1.29, 1.82) is 0 Å². The summed E-state index contributed by atoms with van der Waals surface area (Å²) in [5.74, 6) is 1.36. The van der Waals surface area contributed by atoms with Crippen LogP contribution in [0, 0.1) is 0 Å². The maximum atomic E-state index is 5.40. The molecule has 1 aliphatic rings. The van der Waals surface area contributed by atoms with E-state index in [1.807, 2.05) is 0 Å². The van der Waals surface area contributed by atoms with Gasteiger partial charge in [-0.1, -0.05) is 19.3 Å². The minimum absolute atomic E-state index is 0.761. The molecular formula is C12H26N2S. The molecule has 1 saturated carbocycles. The highest BCUT2D eigenvalue weighted by atomic mass is 32.2. The normalized spacial score (nSPS) is 18.2. The zero-order chi connectivity index (χ0) is 10.8. The van der Waals surface area contributed by atoms with Crippen LogP contribution in [-0.4, -0.2) is 30.6 Å². The van der Waals surface area contributed by atoms with Crippen LogP contribution in [-0.2, 0) is 0 Å². The third-order valence-electron chi connectivity index (χ3n) is 2.97. The summed E-state index contributed by atoms with van der Waals surface area (Å²) < 4.78 is 0. The molecule has 0 atom stereocenters. The van der Waals surface area contributed by atoms with Gasteiger partial charge in [0.15, 0.2) is 0 Å². The minimum Gasteiger partial charge on any atom is -0.329 e. The lowest BCUT2D eigenvalue weighted by Crippen LogP contribution is -2.23. The third-order valence-corrected chi connectivity index (χ3v) is 4.44. The highest BCUT2D eigenvalue weighted by Crippen LogP contribution is 2.28. The van der Waals surface area contributed by atoms with Crippen LogP contribution in [0.3, 0.4) is 0 Å². The number of thioether (sulfide) groups is 1. The Morgan fingerprint density at radius 3 is 2.60 bits per heavy atom. The van der Waals surface area contributed by atoms with Crippen molar-refractivity contribution in [2.75, 3.05) is 25.4 Å². The Morgan fingerprint density at radius 2 is 1.87 bits per heavy atom. The van der Waals surface area contributed by atoms with Gasteiger partial charge in [0.2, 0.25) is 0 Å². The molecule has 90 valence electrons. The molecule has 0 saturated heterocycles. The van der Waals surface area contributed by atoms with E-state index in [1.165, 1.54) is 50.7 Å². The lowest BCUT2D eigenvalue weighted by Gasteiger charge is -2.20. The monoisotopic (exact) mass is 230 g/mol. The van der Waals surface area contributed by atoms with Crippen molar-refractivity contribution in [2.45, 2.75) is 50.2 Å². The first-order valence-electron chi connectivity index (χ1n) is 6.46. The molecule has 3 heteroatoms. The summed E-state index contributed by atoms with van der Waals surface area (Å²) in [6.07, 6.45) is 10.0. The summed E-state index contributed by atoms with van der Waals surface area (Å²) in [5, 5.41) is 4.32. The van der Waals surface area contributed by atoms with Crippen molar-refractivity contribution in [3.05, 3.63) is 0 Å². The average Bonchev–Trinajstić information content (AvgIpc) is 2.29. The van der Waals surface area contributed by atoms with E-state index >= 15 is 0 Å². The van der Waals surface area contributed by atoms with Gasteiger partial charge in [-0.15, -0.1) is 0 Å². The number of unbranched alkanes of at least 4 members (excludes halogenated alkanes) is 1. The highest BCUT2D eigenvalue weighted by molar-refractivity contribution is 7.99. The van der Waals surface area contributed by atoms with Gasteiger partial charge in [0.05, 0.1) is 0 Å². The van der Waals surface area contributed by atoms with E-state index in [1.54, 1.807) is 0 Å². The summed E-state index contributed by atoms with van der Waals surface area (Å²) in [5.41, 5.74) is 5.40. The number of hydrogen-bond donors (Lipinski definition) is 2. The number of nitrogens with one attached hydrogen (secondary N) is 1. The molecule has 1 aliphatic carbocycles. The average molecular weight is 230 g/mol. The molecule has 3 N–H and O–H groups in total. The van der Waals surface area contributed by atoms with Crippen molar-refractivity contribution in [2.24, 2.45) is 5.73 Å². The van der Waals surface area contributed by atoms with Crippen molar-refractivity contribution < 1.29 is 0 Å². The number of nitrogens with two attached hydrogens (primary N) is 1. The summed E-state index contributed by atoms with van der Waals surface area (Å²) in [6, 6.07) is 0. The molecule has 0 unspecified atom stereocenters. The van der Waals surface area contributed by atoms with E-state index in [9.17, 15) is 0 Å². The SMILES string of the molecule is NCCNCCCCSC1CCCCC1. The molecule has 0 spiro atoms. The van der Waals surface area contributed by atoms with E-state index in [0.29, 0.717) is 0 Å². The van der Waals surface area contributed by atoms with Crippen LogP contribution in [0.2, 0.25) is 0 Å². The molecule has 15 heavy (non-hydrogen) atoms. The fraction of sp³-hybridized carbons (Fsp3) is 1.00. The molecule has 0 aliphatic heterocycles. The van der Waals surface area contributed by atoms with Gasteiger partial charge in [0.1, 0.15) is 0 Å². The lowest BCUT2D eigenvalue weighted by molar-refractivity contribution is 0.515. The topological polar surface area (TPSA) is 38.0 Å². The molecule has 0 bridgehead atoms. The highest BCUT2D eigenvalue weighted by Gasteiger charge is 2.12. The maximum Gasteiger partial charge on any atom is 0.00745 e. The fourth-order valence-electron chi connectivity index (χ4n) is 2.06. The Bertz CT molecular complexity index is 136. The summed E-state index contributed by atoms with van der Waals surface area (Å²) in [4.78, 5) is 0. The maximum absolute atomic E-state index is 5.40. The first-order chi connectivity index (χ1) is 7.43. The molecule has 2 nitrogen and oxygen atoms in total. The second-order valence-corrected chi connectivity index (χ2v) is 5.78. The Balaban J connectivity index is 1.79. The first-order valence-corrected chi connectivity index (χ1v) is 7.50. The molecular weight excluding hydrogens is 204 g/mol. The minimum atomic E-state index is 0.761. The van der Waals surface area contributed by atoms with Crippen LogP contribution in [0.15, 0.2) is 0 Å². The largest absolute Gasteiger partial charge is 0.329 e. The van der Waals surface area contributed by atoms with E-state index in [0.717, 1.165) is 24.9 Å². The van der Waals surface area contributed by atoms with Gasteiger partial charge in [0, 0.05) is 18.3 Å². The van der Waals surface area contributed by atoms with Crippen molar-refractivity contribution in [3.8, 4) is 0 Å². The second-order valence-electron chi connectivity index (χ2n) is 4.38. The number of hydrogen-bond acceptors (Lipinski definition) is 3. The van der Waals surface area contributed by atoms with Crippen molar-refractivity contribution in [3.63, 3.8) is 0 Å². The van der Waals surface area contributed by atoms with Crippen LogP contribution >= 0.6 is 11.8 Å². The van der Waals surface area contributed by atoms with Crippen LogP contribution < -0.4 is 11.1 Å². The quantitative estimate of drug-likeness (QED) is 0.629. The first kappa shape index (κ1) is 13.3. The summed E-state index contributed by atoms with van der Waals surface area (Å²) in [6.45, 7) is 2.87. The third kappa shape index (κ3) is 7.20.